The molecule has 17 heavy (non-hydrogen) atoms. The molecule has 1 saturated carbocycles. The maximum absolute atomic E-state index is 12.1. The quantitative estimate of drug-likeness (QED) is 0.833. The second-order valence-corrected chi connectivity index (χ2v) is 6.10. The summed E-state index contributed by atoms with van der Waals surface area (Å²) in [5.41, 5.74) is -4.61. The SMILES string of the molecule is OCC1(CCSC(F)(F)F)CCOC1C1CC1. The molecule has 2 unspecified atom stereocenters. The molecule has 2 aliphatic rings. The van der Waals surface area contributed by atoms with E-state index in [0.29, 0.717) is 25.4 Å². The van der Waals surface area contributed by atoms with Crippen LogP contribution in [-0.2, 0) is 4.74 Å². The molecule has 2 nitrogen and oxygen atoms in total. The van der Waals surface area contributed by atoms with E-state index in [4.69, 9.17) is 4.74 Å². The Labute approximate surface area is 103 Å². The summed E-state index contributed by atoms with van der Waals surface area (Å²) in [4.78, 5) is 0. The molecule has 2 rings (SSSR count). The largest absolute Gasteiger partial charge is 0.441 e. The van der Waals surface area contributed by atoms with Crippen LogP contribution in [0.5, 0.6) is 0 Å². The lowest BCUT2D eigenvalue weighted by atomic mass is 9.77. The molecule has 1 saturated heterocycles. The van der Waals surface area contributed by atoms with Crippen molar-refractivity contribution in [2.75, 3.05) is 19.0 Å². The van der Waals surface area contributed by atoms with Gasteiger partial charge in [-0.3, -0.25) is 0 Å². The third kappa shape index (κ3) is 3.29. The number of alkyl halides is 3. The molecule has 1 N–H and O–H groups in total. The van der Waals surface area contributed by atoms with Crippen LogP contribution in [-0.4, -0.2) is 35.7 Å². The summed E-state index contributed by atoms with van der Waals surface area (Å²) in [5.74, 6) is 0.469. The minimum Gasteiger partial charge on any atom is -0.396 e. The van der Waals surface area contributed by atoms with Gasteiger partial charge in [-0.25, -0.2) is 0 Å². The van der Waals surface area contributed by atoms with Crippen LogP contribution >= 0.6 is 11.8 Å². The molecule has 0 amide bonds. The van der Waals surface area contributed by atoms with Gasteiger partial charge in [-0.1, -0.05) is 11.8 Å². The highest BCUT2D eigenvalue weighted by molar-refractivity contribution is 8.00. The maximum atomic E-state index is 12.1. The van der Waals surface area contributed by atoms with E-state index in [2.05, 4.69) is 0 Å². The first kappa shape index (κ1) is 13.5. The molecule has 0 aromatic heterocycles. The Hall–Kier alpha value is 0.0600. The van der Waals surface area contributed by atoms with Gasteiger partial charge >= 0.3 is 5.51 Å². The Kier molecular flexibility index (Phi) is 3.95. The molecule has 1 aliphatic carbocycles. The van der Waals surface area contributed by atoms with Crippen molar-refractivity contribution >= 4 is 11.8 Å². The summed E-state index contributed by atoms with van der Waals surface area (Å²) in [6, 6.07) is 0. The third-order valence-electron chi connectivity index (χ3n) is 3.73. The lowest BCUT2D eigenvalue weighted by Gasteiger charge is -2.32. The molecule has 2 atom stereocenters. The molecular weight excluding hydrogens is 253 g/mol. The molecule has 100 valence electrons. The van der Waals surface area contributed by atoms with Crippen molar-refractivity contribution < 1.29 is 23.0 Å². The highest BCUT2D eigenvalue weighted by atomic mass is 32.2. The average molecular weight is 270 g/mol. The highest BCUT2D eigenvalue weighted by Crippen LogP contribution is 2.50. The van der Waals surface area contributed by atoms with Gasteiger partial charge in [0.2, 0.25) is 0 Å². The van der Waals surface area contributed by atoms with Crippen LogP contribution in [0.2, 0.25) is 0 Å². The number of aliphatic hydroxyl groups excluding tert-OH is 1. The average Bonchev–Trinajstić information content (AvgIpc) is 2.99. The molecular formula is C11H17F3O2S. The summed E-state index contributed by atoms with van der Waals surface area (Å²) in [6.07, 6.45) is 3.21. The van der Waals surface area contributed by atoms with Gasteiger partial charge in [-0.15, -0.1) is 0 Å². The smallest absolute Gasteiger partial charge is 0.396 e. The number of thioether (sulfide) groups is 1. The Morgan fingerprint density at radius 1 is 1.35 bits per heavy atom. The highest BCUT2D eigenvalue weighted by Gasteiger charge is 2.50. The van der Waals surface area contributed by atoms with Gasteiger partial charge in [-0.2, -0.15) is 13.2 Å². The van der Waals surface area contributed by atoms with Crippen molar-refractivity contribution in [2.24, 2.45) is 11.3 Å². The van der Waals surface area contributed by atoms with Crippen molar-refractivity contribution in [1.82, 2.24) is 0 Å². The van der Waals surface area contributed by atoms with Crippen molar-refractivity contribution in [3.63, 3.8) is 0 Å². The zero-order chi connectivity index (χ0) is 12.5. The van der Waals surface area contributed by atoms with E-state index >= 15 is 0 Å². The minimum atomic E-state index is -4.18. The predicted molar refractivity (Wildman–Crippen MR) is 59.7 cm³/mol. The first-order valence-corrected chi connectivity index (χ1v) is 6.89. The first-order valence-electron chi connectivity index (χ1n) is 5.90. The summed E-state index contributed by atoms with van der Waals surface area (Å²) in [5, 5.41) is 9.52. The van der Waals surface area contributed by atoms with E-state index in [9.17, 15) is 18.3 Å². The Morgan fingerprint density at radius 3 is 2.59 bits per heavy atom. The molecule has 0 aromatic rings. The number of rotatable bonds is 5. The fourth-order valence-corrected chi connectivity index (χ4v) is 3.37. The molecule has 1 heterocycles. The van der Waals surface area contributed by atoms with Crippen LogP contribution in [0.1, 0.15) is 25.7 Å². The third-order valence-corrected chi connectivity index (χ3v) is 4.47. The van der Waals surface area contributed by atoms with E-state index in [1.165, 1.54) is 0 Å². The zero-order valence-electron chi connectivity index (χ0n) is 9.50. The summed E-state index contributed by atoms with van der Waals surface area (Å²) in [6.45, 7) is 0.505. The number of hydrogen-bond donors (Lipinski definition) is 1. The molecule has 0 aromatic carbocycles. The van der Waals surface area contributed by atoms with Crippen LogP contribution in [0.15, 0.2) is 0 Å². The lowest BCUT2D eigenvalue weighted by Crippen LogP contribution is -2.37. The van der Waals surface area contributed by atoms with Crippen LogP contribution < -0.4 is 0 Å². The Balaban J connectivity index is 1.89. The van der Waals surface area contributed by atoms with Crippen LogP contribution in [0, 0.1) is 11.3 Å². The molecule has 0 bridgehead atoms. The normalized spacial score (nSPS) is 34.2. The molecule has 0 spiro atoms. The standard InChI is InChI=1S/C11H17F3O2S/c12-11(13,14)17-6-4-10(7-15)3-5-16-9(10)8-1-2-8/h8-9,15H,1-7H2. The van der Waals surface area contributed by atoms with E-state index in [0.717, 1.165) is 12.8 Å². The molecule has 0 radical (unpaired) electrons. The van der Waals surface area contributed by atoms with E-state index in [1.54, 1.807) is 0 Å². The van der Waals surface area contributed by atoms with Crippen molar-refractivity contribution in [3.05, 3.63) is 0 Å². The predicted octanol–water partition coefficient (Wildman–Crippen LogP) is 2.81. The number of ether oxygens (including phenoxy) is 1. The van der Waals surface area contributed by atoms with E-state index in [-0.39, 0.29) is 30.2 Å². The number of halogens is 3. The number of aliphatic hydroxyl groups is 1. The van der Waals surface area contributed by atoms with Crippen LogP contribution in [0.25, 0.3) is 0 Å². The Morgan fingerprint density at radius 2 is 2.06 bits per heavy atom. The van der Waals surface area contributed by atoms with E-state index in [1.807, 2.05) is 0 Å². The second-order valence-electron chi connectivity index (χ2n) is 4.94. The van der Waals surface area contributed by atoms with Gasteiger partial charge in [0.1, 0.15) is 0 Å². The van der Waals surface area contributed by atoms with Gasteiger partial charge in [-0.05, 0) is 31.6 Å². The Bertz CT molecular complexity index is 268. The topological polar surface area (TPSA) is 29.5 Å². The summed E-state index contributed by atoms with van der Waals surface area (Å²) >= 11 is 0.00182. The summed E-state index contributed by atoms with van der Waals surface area (Å²) < 4.78 is 41.9. The first-order chi connectivity index (χ1) is 7.97. The number of hydrogen-bond acceptors (Lipinski definition) is 3. The summed E-state index contributed by atoms with van der Waals surface area (Å²) in [7, 11) is 0. The molecule has 2 fully saturated rings. The lowest BCUT2D eigenvalue weighted by molar-refractivity contribution is -0.0336. The van der Waals surface area contributed by atoms with Crippen LogP contribution in [0.3, 0.4) is 0 Å². The maximum Gasteiger partial charge on any atom is 0.441 e. The zero-order valence-corrected chi connectivity index (χ0v) is 10.3. The van der Waals surface area contributed by atoms with Gasteiger partial charge < -0.3 is 9.84 Å². The van der Waals surface area contributed by atoms with Crippen molar-refractivity contribution in [3.8, 4) is 0 Å². The van der Waals surface area contributed by atoms with Gasteiger partial charge in [0, 0.05) is 17.8 Å². The second kappa shape index (κ2) is 4.97. The molecule has 6 heteroatoms. The van der Waals surface area contributed by atoms with E-state index < -0.39 is 10.9 Å². The fraction of sp³-hybridized carbons (Fsp3) is 1.00. The van der Waals surface area contributed by atoms with Gasteiger partial charge in [0.25, 0.3) is 0 Å². The van der Waals surface area contributed by atoms with Crippen molar-refractivity contribution in [2.45, 2.75) is 37.3 Å². The fourth-order valence-electron chi connectivity index (χ4n) is 2.63. The molecule has 1 aliphatic heterocycles. The van der Waals surface area contributed by atoms with Gasteiger partial charge in [0.05, 0.1) is 12.7 Å². The monoisotopic (exact) mass is 270 g/mol. The minimum absolute atomic E-state index is 0.00182. The van der Waals surface area contributed by atoms with Gasteiger partial charge in [0.15, 0.2) is 0 Å². The van der Waals surface area contributed by atoms with Crippen LogP contribution in [0.4, 0.5) is 13.2 Å². The van der Waals surface area contributed by atoms with Crippen molar-refractivity contribution in [1.29, 1.82) is 0 Å².